The summed E-state index contributed by atoms with van der Waals surface area (Å²) >= 11 is 0. The van der Waals surface area contributed by atoms with Gasteiger partial charge in [0, 0.05) is 25.0 Å². The van der Waals surface area contributed by atoms with Crippen molar-refractivity contribution < 1.29 is 4.74 Å². The minimum Gasteiger partial charge on any atom is -0.379 e. The van der Waals surface area contributed by atoms with Crippen LogP contribution in [0, 0.1) is 24.2 Å². The van der Waals surface area contributed by atoms with Crippen molar-refractivity contribution in [3.05, 3.63) is 0 Å². The highest BCUT2D eigenvalue weighted by Gasteiger charge is 2.31. The van der Waals surface area contributed by atoms with Crippen LogP contribution >= 0.6 is 0 Å². The molecule has 1 aliphatic heterocycles. The van der Waals surface area contributed by atoms with Gasteiger partial charge in [0.2, 0.25) is 0 Å². The summed E-state index contributed by atoms with van der Waals surface area (Å²) in [6.45, 7) is 7.94. The lowest BCUT2D eigenvalue weighted by Gasteiger charge is -2.26. The highest BCUT2D eigenvalue weighted by molar-refractivity contribution is 4.92. The summed E-state index contributed by atoms with van der Waals surface area (Å²) in [6, 6.07) is 0.513. The molecule has 2 fully saturated rings. The Morgan fingerprint density at radius 1 is 1.35 bits per heavy atom. The molecule has 0 aromatic heterocycles. The van der Waals surface area contributed by atoms with Crippen LogP contribution in [0.1, 0.15) is 19.8 Å². The third-order valence-electron chi connectivity index (χ3n) is 3.69. The maximum atomic E-state index is 5.58. The summed E-state index contributed by atoms with van der Waals surface area (Å²) in [5.41, 5.74) is 0. The smallest absolute Gasteiger partial charge is 0.0623 e. The molecule has 0 aromatic rings. The molecule has 2 rings (SSSR count). The van der Waals surface area contributed by atoms with Crippen molar-refractivity contribution in [3.8, 4) is 12.3 Å². The molecule has 2 unspecified atom stereocenters. The molecule has 0 aromatic carbocycles. The monoisotopic (exact) mass is 236 g/mol. The van der Waals surface area contributed by atoms with Crippen molar-refractivity contribution in [3.63, 3.8) is 0 Å². The number of likely N-dealkylation sites (N-methyl/N-ethyl adjacent to an activating group) is 1. The highest BCUT2D eigenvalue weighted by Crippen LogP contribution is 2.30. The van der Waals surface area contributed by atoms with Gasteiger partial charge in [0.05, 0.1) is 19.8 Å². The lowest BCUT2D eigenvalue weighted by atomic mass is 10.0. The maximum absolute atomic E-state index is 5.58. The molecule has 1 saturated heterocycles. The molecule has 2 aliphatic rings. The Morgan fingerprint density at radius 2 is 2.18 bits per heavy atom. The summed E-state index contributed by atoms with van der Waals surface area (Å²) in [6.07, 6.45) is 8.23. The van der Waals surface area contributed by atoms with E-state index in [-0.39, 0.29) is 0 Å². The first-order valence-electron chi connectivity index (χ1n) is 6.80. The van der Waals surface area contributed by atoms with Gasteiger partial charge in [0.25, 0.3) is 0 Å². The average molecular weight is 236 g/mol. The van der Waals surface area contributed by atoms with E-state index in [1.807, 2.05) is 0 Å². The topological polar surface area (TPSA) is 24.5 Å². The van der Waals surface area contributed by atoms with E-state index in [1.54, 1.807) is 0 Å². The fourth-order valence-corrected chi connectivity index (χ4v) is 2.60. The minimum atomic E-state index is 0.513. The highest BCUT2D eigenvalue weighted by atomic mass is 16.5. The molecule has 1 heterocycles. The standard InChI is InChI=1S/C14H24N2O/c1-3-7-16(8-12-5-6-12)9-13-10-17-11-14(13)15-4-2/h1,12-15H,4-11H2,2H3. The number of rotatable bonds is 7. The Labute approximate surface area is 105 Å². The van der Waals surface area contributed by atoms with Crippen LogP contribution in [0.2, 0.25) is 0 Å². The van der Waals surface area contributed by atoms with Gasteiger partial charge in [-0.05, 0) is 25.3 Å². The SMILES string of the molecule is C#CCN(CC1CC1)CC1COCC1NCC. The average Bonchev–Trinajstić information content (AvgIpc) is 3.01. The fraction of sp³-hybridized carbons (Fsp3) is 0.857. The van der Waals surface area contributed by atoms with Crippen LogP contribution < -0.4 is 5.32 Å². The number of nitrogens with one attached hydrogen (secondary N) is 1. The zero-order valence-corrected chi connectivity index (χ0v) is 10.8. The van der Waals surface area contributed by atoms with Gasteiger partial charge >= 0.3 is 0 Å². The fourth-order valence-electron chi connectivity index (χ4n) is 2.60. The molecule has 0 bridgehead atoms. The summed E-state index contributed by atoms with van der Waals surface area (Å²) in [7, 11) is 0. The van der Waals surface area contributed by atoms with Crippen molar-refractivity contribution in [1.82, 2.24) is 10.2 Å². The Balaban J connectivity index is 1.80. The molecule has 0 spiro atoms. The summed E-state index contributed by atoms with van der Waals surface area (Å²) < 4.78 is 5.58. The largest absolute Gasteiger partial charge is 0.379 e. The molecule has 2 atom stereocenters. The third-order valence-corrected chi connectivity index (χ3v) is 3.69. The van der Waals surface area contributed by atoms with Crippen LogP contribution in [-0.4, -0.2) is 50.3 Å². The number of hydrogen-bond donors (Lipinski definition) is 1. The zero-order valence-electron chi connectivity index (χ0n) is 10.8. The van der Waals surface area contributed by atoms with Gasteiger partial charge in [-0.25, -0.2) is 0 Å². The number of ether oxygens (including phenoxy) is 1. The second-order valence-corrected chi connectivity index (χ2v) is 5.30. The number of terminal acetylenes is 1. The van der Waals surface area contributed by atoms with Crippen molar-refractivity contribution >= 4 is 0 Å². The van der Waals surface area contributed by atoms with Gasteiger partial charge in [-0.3, -0.25) is 4.90 Å². The van der Waals surface area contributed by atoms with Crippen molar-refractivity contribution in [1.29, 1.82) is 0 Å². The lowest BCUT2D eigenvalue weighted by molar-refractivity contribution is 0.169. The van der Waals surface area contributed by atoms with E-state index in [9.17, 15) is 0 Å². The third kappa shape index (κ3) is 3.99. The van der Waals surface area contributed by atoms with Crippen molar-refractivity contribution in [2.45, 2.75) is 25.8 Å². The quantitative estimate of drug-likeness (QED) is 0.666. The second kappa shape index (κ2) is 6.39. The molecule has 1 saturated carbocycles. The molecular formula is C14H24N2O. The normalized spacial score (nSPS) is 28.5. The van der Waals surface area contributed by atoms with Gasteiger partial charge in [-0.1, -0.05) is 12.8 Å². The molecule has 3 nitrogen and oxygen atoms in total. The Bertz CT molecular complexity index is 270. The first-order chi connectivity index (χ1) is 8.33. The molecule has 3 heteroatoms. The van der Waals surface area contributed by atoms with Gasteiger partial charge in [-0.15, -0.1) is 6.42 Å². The minimum absolute atomic E-state index is 0.513. The van der Waals surface area contributed by atoms with Crippen LogP contribution in [0.3, 0.4) is 0 Å². The predicted molar refractivity (Wildman–Crippen MR) is 69.8 cm³/mol. The first-order valence-corrected chi connectivity index (χ1v) is 6.80. The van der Waals surface area contributed by atoms with Crippen LogP contribution in [-0.2, 0) is 4.74 Å². The molecular weight excluding hydrogens is 212 g/mol. The maximum Gasteiger partial charge on any atom is 0.0623 e. The van der Waals surface area contributed by atoms with Crippen molar-refractivity contribution in [2.75, 3.05) is 39.4 Å². The van der Waals surface area contributed by atoms with Gasteiger partial charge in [0.1, 0.15) is 0 Å². The molecule has 1 N–H and O–H groups in total. The van der Waals surface area contributed by atoms with Crippen LogP contribution in [0.4, 0.5) is 0 Å². The second-order valence-electron chi connectivity index (χ2n) is 5.30. The van der Waals surface area contributed by atoms with Gasteiger partial charge in [-0.2, -0.15) is 0 Å². The molecule has 1 aliphatic carbocycles. The van der Waals surface area contributed by atoms with E-state index in [0.717, 1.165) is 38.8 Å². The van der Waals surface area contributed by atoms with Crippen LogP contribution in [0.15, 0.2) is 0 Å². The predicted octanol–water partition coefficient (Wildman–Crippen LogP) is 0.956. The molecule has 96 valence electrons. The van der Waals surface area contributed by atoms with E-state index in [1.165, 1.54) is 19.4 Å². The van der Waals surface area contributed by atoms with Crippen LogP contribution in [0.25, 0.3) is 0 Å². The number of nitrogens with zero attached hydrogens (tertiary/aromatic N) is 1. The summed E-state index contributed by atoms with van der Waals surface area (Å²) in [5.74, 6) is 4.29. The van der Waals surface area contributed by atoms with E-state index in [2.05, 4.69) is 23.1 Å². The summed E-state index contributed by atoms with van der Waals surface area (Å²) in [4.78, 5) is 2.43. The summed E-state index contributed by atoms with van der Waals surface area (Å²) in [5, 5.41) is 3.51. The number of hydrogen-bond acceptors (Lipinski definition) is 3. The van der Waals surface area contributed by atoms with E-state index in [4.69, 9.17) is 11.2 Å². The lowest BCUT2D eigenvalue weighted by Crippen LogP contribution is -2.42. The van der Waals surface area contributed by atoms with Crippen molar-refractivity contribution in [2.24, 2.45) is 11.8 Å². The van der Waals surface area contributed by atoms with Gasteiger partial charge < -0.3 is 10.1 Å². The molecule has 0 amide bonds. The van der Waals surface area contributed by atoms with E-state index in [0.29, 0.717) is 12.0 Å². The Hall–Kier alpha value is -0.560. The Morgan fingerprint density at radius 3 is 2.82 bits per heavy atom. The molecule has 0 radical (unpaired) electrons. The molecule has 17 heavy (non-hydrogen) atoms. The zero-order chi connectivity index (χ0) is 12.1. The van der Waals surface area contributed by atoms with Gasteiger partial charge in [0.15, 0.2) is 0 Å². The Kier molecular flexibility index (Phi) is 4.85. The van der Waals surface area contributed by atoms with E-state index >= 15 is 0 Å². The first kappa shape index (κ1) is 12.9. The van der Waals surface area contributed by atoms with Crippen LogP contribution in [0.5, 0.6) is 0 Å². The van der Waals surface area contributed by atoms with E-state index < -0.39 is 0 Å².